The van der Waals surface area contributed by atoms with Crippen molar-refractivity contribution in [2.75, 3.05) is 11.9 Å². The van der Waals surface area contributed by atoms with Crippen LogP contribution in [0.3, 0.4) is 0 Å². The van der Waals surface area contributed by atoms with Gasteiger partial charge in [-0.1, -0.05) is 0 Å². The minimum absolute atomic E-state index is 0.00546. The summed E-state index contributed by atoms with van der Waals surface area (Å²) < 4.78 is 56.8. The highest BCUT2D eigenvalue weighted by molar-refractivity contribution is 5.91. The number of halogens is 4. The number of rotatable bonds is 6. The topological polar surface area (TPSA) is 98.8 Å². The fourth-order valence-corrected chi connectivity index (χ4v) is 2.80. The van der Waals surface area contributed by atoms with Gasteiger partial charge >= 0.3 is 6.18 Å². The standard InChI is InChI=1S/C20H22F4N6O/c1-18(2,21)17-26-6-5-14(30-17)29-15-7-11-12(8-27-15)16(31-10-20(22,23)24)28-9-13(11)19(3,4)25/h5-9H,10,25H2,1-4H3,(H,26,27,29,30). The van der Waals surface area contributed by atoms with E-state index in [0.717, 1.165) is 0 Å². The van der Waals surface area contributed by atoms with Gasteiger partial charge in [-0.05, 0) is 50.8 Å². The lowest BCUT2D eigenvalue weighted by molar-refractivity contribution is -0.153. The third-order valence-electron chi connectivity index (χ3n) is 4.25. The van der Waals surface area contributed by atoms with Crippen molar-refractivity contribution in [3.8, 4) is 5.88 Å². The number of nitrogens with two attached hydrogens (primary N) is 1. The van der Waals surface area contributed by atoms with Crippen molar-refractivity contribution in [3.05, 3.63) is 42.1 Å². The lowest BCUT2D eigenvalue weighted by atomic mass is 9.93. The Hall–Kier alpha value is -3.08. The summed E-state index contributed by atoms with van der Waals surface area (Å²) in [4.78, 5) is 16.3. The summed E-state index contributed by atoms with van der Waals surface area (Å²) in [5, 5.41) is 3.74. The largest absolute Gasteiger partial charge is 0.468 e. The number of hydrogen-bond acceptors (Lipinski definition) is 7. The van der Waals surface area contributed by atoms with E-state index >= 15 is 0 Å². The van der Waals surface area contributed by atoms with Crippen LogP contribution < -0.4 is 15.8 Å². The van der Waals surface area contributed by atoms with E-state index in [1.54, 1.807) is 26.0 Å². The number of alkyl halides is 4. The van der Waals surface area contributed by atoms with Gasteiger partial charge in [-0.25, -0.2) is 24.3 Å². The molecule has 0 aliphatic carbocycles. The Balaban J connectivity index is 2.03. The van der Waals surface area contributed by atoms with Crippen LogP contribution in [-0.2, 0) is 11.2 Å². The van der Waals surface area contributed by atoms with Crippen molar-refractivity contribution in [3.63, 3.8) is 0 Å². The lowest BCUT2D eigenvalue weighted by Gasteiger charge is -2.22. The second-order valence-electron chi connectivity index (χ2n) is 8.08. The summed E-state index contributed by atoms with van der Waals surface area (Å²) in [6.07, 6.45) is -0.378. The first-order chi connectivity index (χ1) is 14.2. The molecule has 0 amide bonds. The Labute approximate surface area is 176 Å². The molecule has 3 aromatic heterocycles. The third-order valence-corrected chi connectivity index (χ3v) is 4.25. The summed E-state index contributed by atoms with van der Waals surface area (Å²) in [5.41, 5.74) is 4.23. The highest BCUT2D eigenvalue weighted by Gasteiger charge is 2.30. The summed E-state index contributed by atoms with van der Waals surface area (Å²) in [5.74, 6) is 0.419. The minimum atomic E-state index is -4.51. The molecule has 3 heterocycles. The Morgan fingerprint density at radius 2 is 1.68 bits per heavy atom. The van der Waals surface area contributed by atoms with E-state index < -0.39 is 24.0 Å². The first-order valence-electron chi connectivity index (χ1n) is 9.31. The Bertz CT molecular complexity index is 1090. The number of fused-ring (bicyclic) bond motifs is 1. The average molecular weight is 438 g/mol. The van der Waals surface area contributed by atoms with Gasteiger partial charge in [-0.2, -0.15) is 13.2 Å². The number of hydrogen-bond donors (Lipinski definition) is 2. The highest BCUT2D eigenvalue weighted by atomic mass is 19.4. The zero-order valence-corrected chi connectivity index (χ0v) is 17.4. The van der Waals surface area contributed by atoms with Gasteiger partial charge in [0.15, 0.2) is 18.1 Å². The zero-order valence-electron chi connectivity index (χ0n) is 17.4. The van der Waals surface area contributed by atoms with Crippen molar-refractivity contribution in [2.24, 2.45) is 5.73 Å². The maximum atomic E-state index is 14.2. The van der Waals surface area contributed by atoms with Crippen molar-refractivity contribution in [2.45, 2.75) is 45.1 Å². The number of pyridine rings is 2. The molecular formula is C20H22F4N6O. The summed E-state index contributed by atoms with van der Waals surface area (Å²) in [6.45, 7) is 4.68. The predicted molar refractivity (Wildman–Crippen MR) is 108 cm³/mol. The first-order valence-corrected chi connectivity index (χ1v) is 9.31. The molecule has 0 radical (unpaired) electrons. The molecule has 166 valence electrons. The molecule has 0 unspecified atom stereocenters. The van der Waals surface area contributed by atoms with E-state index in [1.165, 1.54) is 32.4 Å². The van der Waals surface area contributed by atoms with E-state index in [0.29, 0.717) is 22.6 Å². The van der Waals surface area contributed by atoms with Gasteiger partial charge in [-0.3, -0.25) is 0 Å². The van der Waals surface area contributed by atoms with Crippen LogP contribution in [0.25, 0.3) is 10.8 Å². The van der Waals surface area contributed by atoms with Crippen LogP contribution in [0.5, 0.6) is 5.88 Å². The molecule has 0 aliphatic rings. The molecule has 7 nitrogen and oxygen atoms in total. The predicted octanol–water partition coefficient (Wildman–Crippen LogP) is 4.50. The zero-order chi connectivity index (χ0) is 23.0. The molecular weight excluding hydrogens is 416 g/mol. The third kappa shape index (κ3) is 5.54. The van der Waals surface area contributed by atoms with Crippen molar-refractivity contribution in [1.82, 2.24) is 19.9 Å². The molecule has 3 N–H and O–H groups in total. The van der Waals surface area contributed by atoms with Gasteiger partial charge in [0, 0.05) is 24.1 Å². The van der Waals surface area contributed by atoms with Gasteiger partial charge < -0.3 is 15.8 Å². The molecule has 0 aromatic carbocycles. The number of nitrogens with zero attached hydrogens (tertiary/aromatic N) is 4. The number of anilines is 2. The molecule has 0 spiro atoms. The summed E-state index contributed by atoms with van der Waals surface area (Å²) in [6, 6.07) is 3.14. The lowest BCUT2D eigenvalue weighted by Crippen LogP contribution is -2.29. The monoisotopic (exact) mass is 438 g/mol. The smallest absolute Gasteiger partial charge is 0.422 e. The van der Waals surface area contributed by atoms with Crippen LogP contribution in [0, 0.1) is 0 Å². The Morgan fingerprint density at radius 1 is 0.968 bits per heavy atom. The molecule has 0 aliphatic heterocycles. The van der Waals surface area contributed by atoms with Crippen LogP contribution in [-0.4, -0.2) is 32.7 Å². The maximum Gasteiger partial charge on any atom is 0.422 e. The SMILES string of the molecule is CC(C)(N)c1cnc(OCC(F)(F)F)c2cnc(Nc3ccnc(C(C)(C)F)n3)cc12. The second kappa shape index (κ2) is 7.88. The quantitative estimate of drug-likeness (QED) is 0.547. The van der Waals surface area contributed by atoms with Crippen LogP contribution >= 0.6 is 0 Å². The number of aromatic nitrogens is 4. The number of ether oxygens (including phenoxy) is 1. The van der Waals surface area contributed by atoms with Crippen LogP contribution in [0.15, 0.2) is 30.7 Å². The molecule has 0 fully saturated rings. The Morgan fingerprint density at radius 3 is 2.29 bits per heavy atom. The van der Waals surface area contributed by atoms with E-state index in [-0.39, 0.29) is 17.1 Å². The van der Waals surface area contributed by atoms with Crippen LogP contribution in [0.4, 0.5) is 29.2 Å². The van der Waals surface area contributed by atoms with Gasteiger partial charge in [0.1, 0.15) is 11.6 Å². The van der Waals surface area contributed by atoms with Crippen molar-refractivity contribution < 1.29 is 22.3 Å². The normalized spacial score (nSPS) is 12.8. The van der Waals surface area contributed by atoms with Gasteiger partial charge in [0.05, 0.1) is 5.39 Å². The minimum Gasteiger partial charge on any atom is -0.468 e. The fourth-order valence-electron chi connectivity index (χ4n) is 2.80. The summed E-state index contributed by atoms with van der Waals surface area (Å²) in [7, 11) is 0. The highest BCUT2D eigenvalue weighted by Crippen LogP contribution is 2.33. The van der Waals surface area contributed by atoms with Crippen LogP contribution in [0.2, 0.25) is 0 Å². The van der Waals surface area contributed by atoms with E-state index in [1.807, 2.05) is 0 Å². The van der Waals surface area contributed by atoms with E-state index in [4.69, 9.17) is 10.5 Å². The van der Waals surface area contributed by atoms with E-state index in [2.05, 4.69) is 25.3 Å². The second-order valence-corrected chi connectivity index (χ2v) is 8.08. The van der Waals surface area contributed by atoms with Gasteiger partial charge in [-0.15, -0.1) is 0 Å². The molecule has 0 saturated heterocycles. The molecule has 3 rings (SSSR count). The molecule has 11 heteroatoms. The van der Waals surface area contributed by atoms with Crippen LogP contribution in [0.1, 0.15) is 39.1 Å². The molecule has 3 aromatic rings. The first kappa shape index (κ1) is 22.6. The summed E-state index contributed by atoms with van der Waals surface area (Å²) >= 11 is 0. The molecule has 0 bridgehead atoms. The molecule has 0 atom stereocenters. The fraction of sp³-hybridized carbons (Fsp3) is 0.400. The number of nitrogens with one attached hydrogen (secondary N) is 1. The van der Waals surface area contributed by atoms with Gasteiger partial charge in [0.25, 0.3) is 0 Å². The van der Waals surface area contributed by atoms with Crippen molar-refractivity contribution >= 4 is 22.4 Å². The Kier molecular flexibility index (Phi) is 5.74. The van der Waals surface area contributed by atoms with Crippen molar-refractivity contribution in [1.29, 1.82) is 0 Å². The van der Waals surface area contributed by atoms with E-state index in [9.17, 15) is 17.6 Å². The van der Waals surface area contributed by atoms with Gasteiger partial charge in [0.2, 0.25) is 5.88 Å². The molecule has 31 heavy (non-hydrogen) atoms. The molecule has 0 saturated carbocycles. The average Bonchev–Trinajstić information content (AvgIpc) is 2.64. The maximum absolute atomic E-state index is 14.2.